The third-order valence-electron chi connectivity index (χ3n) is 7.18. The second-order valence-corrected chi connectivity index (χ2v) is 9.53. The fourth-order valence-corrected chi connectivity index (χ4v) is 5.30. The highest BCUT2D eigenvalue weighted by Crippen LogP contribution is 2.39. The number of fused-ring (bicyclic) bond motifs is 1. The summed E-state index contributed by atoms with van der Waals surface area (Å²) in [5.74, 6) is 0.467. The highest BCUT2D eigenvalue weighted by Gasteiger charge is 2.31. The maximum atomic E-state index is 11.6. The van der Waals surface area contributed by atoms with Crippen LogP contribution < -0.4 is 9.47 Å². The van der Waals surface area contributed by atoms with Gasteiger partial charge in [0.05, 0.1) is 18.6 Å². The molecule has 1 saturated heterocycles. The smallest absolute Gasteiger partial charge is 0.306 e. The Labute approximate surface area is 218 Å². The fourth-order valence-electron chi connectivity index (χ4n) is 5.30. The van der Waals surface area contributed by atoms with Gasteiger partial charge in [0, 0.05) is 0 Å². The molecule has 37 heavy (non-hydrogen) atoms. The molecule has 1 atom stereocenters. The number of rotatable bonds is 9. The van der Waals surface area contributed by atoms with E-state index in [0.717, 1.165) is 35.7 Å². The predicted molar refractivity (Wildman–Crippen MR) is 146 cm³/mol. The van der Waals surface area contributed by atoms with Gasteiger partial charge >= 0.3 is 5.97 Å². The van der Waals surface area contributed by atoms with Gasteiger partial charge in [-0.1, -0.05) is 78.9 Å². The average molecular weight is 496 g/mol. The Bertz CT molecular complexity index is 1340. The van der Waals surface area contributed by atoms with Crippen molar-refractivity contribution in [1.29, 1.82) is 0 Å². The molecule has 5 heteroatoms. The van der Waals surface area contributed by atoms with Crippen molar-refractivity contribution >= 4 is 16.7 Å². The van der Waals surface area contributed by atoms with E-state index in [-0.39, 0.29) is 12.0 Å². The minimum atomic E-state index is -0.695. The van der Waals surface area contributed by atoms with Crippen LogP contribution in [0.1, 0.15) is 42.5 Å². The van der Waals surface area contributed by atoms with Crippen LogP contribution in [0.3, 0.4) is 0 Å². The molecule has 1 aliphatic heterocycles. The number of hydrogen-bond donors (Lipinski definition) is 1. The molecule has 1 N–H and O–H groups in total. The first-order chi connectivity index (χ1) is 18.1. The lowest BCUT2D eigenvalue weighted by Gasteiger charge is -2.37. The summed E-state index contributed by atoms with van der Waals surface area (Å²) in [6.45, 7) is 4.43. The van der Waals surface area contributed by atoms with Gasteiger partial charge in [0.25, 0.3) is 0 Å². The molecule has 1 unspecified atom stereocenters. The van der Waals surface area contributed by atoms with Gasteiger partial charge in [-0.2, -0.15) is 0 Å². The van der Waals surface area contributed by atoms with Crippen LogP contribution in [0.25, 0.3) is 10.8 Å². The lowest BCUT2D eigenvalue weighted by atomic mass is 9.89. The topological polar surface area (TPSA) is 59.0 Å². The molecule has 0 radical (unpaired) electrons. The molecule has 1 fully saturated rings. The Morgan fingerprint density at radius 1 is 0.892 bits per heavy atom. The second-order valence-electron chi connectivity index (χ2n) is 9.53. The number of nitrogens with zero attached hydrogens (tertiary/aromatic N) is 1. The molecule has 5 rings (SSSR count). The van der Waals surface area contributed by atoms with Crippen molar-refractivity contribution in [3.05, 3.63) is 108 Å². The highest BCUT2D eigenvalue weighted by atomic mass is 16.5. The third-order valence-corrected chi connectivity index (χ3v) is 7.18. The van der Waals surface area contributed by atoms with Gasteiger partial charge in [-0.3, -0.25) is 9.69 Å². The van der Waals surface area contributed by atoms with Crippen LogP contribution in [0.2, 0.25) is 0 Å². The molecule has 4 aromatic carbocycles. The number of hydrogen-bond acceptors (Lipinski definition) is 4. The highest BCUT2D eigenvalue weighted by molar-refractivity contribution is 5.86. The molecule has 1 aliphatic rings. The molecular weight excluding hydrogens is 462 g/mol. The number of carboxylic acid groups (broad SMARTS) is 1. The van der Waals surface area contributed by atoms with Crippen molar-refractivity contribution in [2.45, 2.75) is 32.4 Å². The van der Waals surface area contributed by atoms with Crippen molar-refractivity contribution < 1.29 is 19.4 Å². The number of ether oxygens (including phenoxy) is 2. The lowest BCUT2D eigenvalue weighted by Crippen LogP contribution is -2.39. The zero-order valence-electron chi connectivity index (χ0n) is 21.2. The molecule has 0 aliphatic carbocycles. The van der Waals surface area contributed by atoms with Gasteiger partial charge in [-0.05, 0) is 72.5 Å². The zero-order chi connectivity index (χ0) is 25.6. The average Bonchev–Trinajstić information content (AvgIpc) is 2.94. The predicted octanol–water partition coefficient (Wildman–Crippen LogP) is 6.70. The van der Waals surface area contributed by atoms with E-state index in [1.54, 1.807) is 0 Å². The Morgan fingerprint density at radius 2 is 1.62 bits per heavy atom. The molecule has 0 saturated carbocycles. The first-order valence-electron chi connectivity index (χ1n) is 13.0. The lowest BCUT2D eigenvalue weighted by molar-refractivity contribution is -0.143. The van der Waals surface area contributed by atoms with Gasteiger partial charge < -0.3 is 14.6 Å². The van der Waals surface area contributed by atoms with E-state index in [0.29, 0.717) is 26.1 Å². The molecule has 4 aromatic rings. The summed E-state index contributed by atoms with van der Waals surface area (Å²) in [6, 6.07) is 31.2. The summed E-state index contributed by atoms with van der Waals surface area (Å²) < 4.78 is 12.2. The van der Waals surface area contributed by atoms with Gasteiger partial charge in [0.2, 0.25) is 0 Å². The number of carboxylic acids is 1. The summed E-state index contributed by atoms with van der Waals surface area (Å²) in [4.78, 5) is 14.0. The molecule has 1 heterocycles. The number of carbonyl (C=O) groups is 1. The van der Waals surface area contributed by atoms with Crippen LogP contribution in [0, 0.1) is 5.92 Å². The summed E-state index contributed by atoms with van der Waals surface area (Å²) in [5.41, 5.74) is 3.43. The molecule has 5 nitrogen and oxygen atoms in total. The first-order valence-corrected chi connectivity index (χ1v) is 13.0. The largest absolute Gasteiger partial charge is 0.490 e. The number of piperidine rings is 1. The fraction of sp³-hybridized carbons (Fsp3) is 0.281. The summed E-state index contributed by atoms with van der Waals surface area (Å²) in [5, 5.41) is 11.9. The van der Waals surface area contributed by atoms with Crippen LogP contribution in [0.4, 0.5) is 0 Å². The van der Waals surface area contributed by atoms with Crippen molar-refractivity contribution in [2.75, 3.05) is 19.7 Å². The van der Waals surface area contributed by atoms with Crippen LogP contribution in [-0.4, -0.2) is 35.7 Å². The van der Waals surface area contributed by atoms with Gasteiger partial charge in [0.1, 0.15) is 6.61 Å². The van der Waals surface area contributed by atoms with Crippen molar-refractivity contribution in [3.8, 4) is 11.5 Å². The Hall–Kier alpha value is -3.83. The molecular formula is C32H33NO4. The van der Waals surface area contributed by atoms with E-state index in [2.05, 4.69) is 59.5 Å². The number of likely N-dealkylation sites (tertiary alicyclic amines) is 1. The van der Waals surface area contributed by atoms with Crippen LogP contribution >= 0.6 is 0 Å². The van der Waals surface area contributed by atoms with E-state index >= 15 is 0 Å². The Morgan fingerprint density at radius 3 is 2.38 bits per heavy atom. The molecule has 0 bridgehead atoms. The summed E-state index contributed by atoms with van der Waals surface area (Å²) >= 11 is 0. The van der Waals surface area contributed by atoms with E-state index in [1.807, 2.05) is 43.3 Å². The molecule has 0 aromatic heterocycles. The van der Waals surface area contributed by atoms with Crippen LogP contribution in [0.5, 0.6) is 11.5 Å². The standard InChI is InChI=1S/C32H33NO4/c1-2-36-30-21-26(15-16-29(30)37-22-23-9-4-3-5-10-23)31(33-19-17-25(18-20-33)32(34)35)28-14-8-12-24-11-6-7-13-27(24)28/h3-16,21,25,31H,2,17-20,22H2,1H3,(H,34,35). The van der Waals surface area contributed by atoms with E-state index in [1.165, 1.54) is 16.3 Å². The van der Waals surface area contributed by atoms with Crippen molar-refractivity contribution in [3.63, 3.8) is 0 Å². The maximum absolute atomic E-state index is 11.6. The number of benzene rings is 4. The van der Waals surface area contributed by atoms with Crippen LogP contribution in [0.15, 0.2) is 91.0 Å². The minimum Gasteiger partial charge on any atom is -0.490 e. The van der Waals surface area contributed by atoms with Gasteiger partial charge in [-0.25, -0.2) is 0 Å². The Kier molecular flexibility index (Phi) is 7.71. The Balaban J connectivity index is 1.52. The molecule has 0 spiro atoms. The quantitative estimate of drug-likeness (QED) is 0.280. The second kappa shape index (κ2) is 11.5. The first kappa shape index (κ1) is 24.8. The summed E-state index contributed by atoms with van der Waals surface area (Å²) in [7, 11) is 0. The van der Waals surface area contributed by atoms with E-state index < -0.39 is 5.97 Å². The monoisotopic (exact) mass is 495 g/mol. The maximum Gasteiger partial charge on any atom is 0.306 e. The van der Waals surface area contributed by atoms with Crippen LogP contribution in [-0.2, 0) is 11.4 Å². The molecule has 0 amide bonds. The van der Waals surface area contributed by atoms with E-state index in [4.69, 9.17) is 9.47 Å². The molecule has 190 valence electrons. The zero-order valence-corrected chi connectivity index (χ0v) is 21.2. The van der Waals surface area contributed by atoms with Crippen molar-refractivity contribution in [2.24, 2.45) is 5.92 Å². The SMILES string of the molecule is CCOc1cc(C(c2cccc3ccccc23)N2CCC(C(=O)O)CC2)ccc1OCc1ccccc1. The van der Waals surface area contributed by atoms with E-state index in [9.17, 15) is 9.90 Å². The normalized spacial score (nSPS) is 15.4. The minimum absolute atomic E-state index is 0.0248. The van der Waals surface area contributed by atoms with Gasteiger partial charge in [-0.15, -0.1) is 0 Å². The van der Waals surface area contributed by atoms with Gasteiger partial charge in [0.15, 0.2) is 11.5 Å². The third kappa shape index (κ3) is 5.62. The summed E-state index contributed by atoms with van der Waals surface area (Å²) in [6.07, 6.45) is 1.29. The van der Waals surface area contributed by atoms with Crippen molar-refractivity contribution in [1.82, 2.24) is 4.90 Å². The number of aliphatic carboxylic acids is 1.